The fourth-order valence-electron chi connectivity index (χ4n) is 4.18. The number of benzene rings is 2. The Balaban J connectivity index is 1.25. The summed E-state index contributed by atoms with van der Waals surface area (Å²) in [4.78, 5) is 2.54. The van der Waals surface area contributed by atoms with Crippen LogP contribution in [0.2, 0.25) is 5.02 Å². The van der Waals surface area contributed by atoms with Crippen LogP contribution in [-0.2, 0) is 6.42 Å². The van der Waals surface area contributed by atoms with E-state index in [-0.39, 0.29) is 0 Å². The normalized spacial score (nSPS) is 16.7. The van der Waals surface area contributed by atoms with Gasteiger partial charge < -0.3 is 9.64 Å². The molecule has 6 heteroatoms. The molecule has 0 radical (unpaired) electrons. The Labute approximate surface area is 175 Å². The van der Waals surface area contributed by atoms with E-state index in [4.69, 9.17) is 16.3 Å². The predicted molar refractivity (Wildman–Crippen MR) is 115 cm³/mol. The van der Waals surface area contributed by atoms with Crippen molar-refractivity contribution in [1.82, 2.24) is 19.7 Å². The molecule has 0 bridgehead atoms. The topological polar surface area (TPSA) is 43.2 Å². The Morgan fingerprint density at radius 1 is 1.00 bits per heavy atom. The van der Waals surface area contributed by atoms with Gasteiger partial charge in [-0.05, 0) is 62.2 Å². The molecule has 1 saturated heterocycles. The molecular formula is C23H23ClN4O. The third kappa shape index (κ3) is 3.80. The number of ether oxygens (including phenoxy) is 1. The number of para-hydroxylation sites is 1. The molecule has 2 aliphatic rings. The molecular weight excluding hydrogens is 384 g/mol. The van der Waals surface area contributed by atoms with Gasteiger partial charge in [0.1, 0.15) is 17.8 Å². The number of hydrogen-bond acceptors (Lipinski definition) is 4. The summed E-state index contributed by atoms with van der Waals surface area (Å²) >= 11 is 5.98. The Bertz CT molecular complexity index is 1020. The molecule has 3 aromatic rings. The van der Waals surface area contributed by atoms with Crippen LogP contribution in [0.25, 0.3) is 17.6 Å². The molecule has 0 amide bonds. The van der Waals surface area contributed by atoms with Crippen LogP contribution in [0.1, 0.15) is 30.1 Å². The molecule has 0 aliphatic carbocycles. The van der Waals surface area contributed by atoms with Gasteiger partial charge in [-0.3, -0.25) is 4.57 Å². The first-order valence-corrected chi connectivity index (χ1v) is 10.5. The van der Waals surface area contributed by atoms with Gasteiger partial charge in [0.25, 0.3) is 0 Å². The van der Waals surface area contributed by atoms with E-state index in [1.54, 1.807) is 6.26 Å². The minimum atomic E-state index is 0.415. The van der Waals surface area contributed by atoms with Crippen molar-refractivity contribution in [1.29, 1.82) is 0 Å². The molecule has 29 heavy (non-hydrogen) atoms. The number of halogens is 1. The maximum atomic E-state index is 5.98. The molecule has 0 atom stereocenters. The van der Waals surface area contributed by atoms with Crippen molar-refractivity contribution in [2.24, 2.45) is 0 Å². The summed E-state index contributed by atoms with van der Waals surface area (Å²) in [5.41, 5.74) is 2.32. The first-order chi connectivity index (χ1) is 14.3. The van der Waals surface area contributed by atoms with Gasteiger partial charge >= 0.3 is 0 Å². The minimum absolute atomic E-state index is 0.415. The first-order valence-electron chi connectivity index (χ1n) is 10.1. The number of fused-ring (bicyclic) bond motifs is 3. The number of piperidine rings is 1. The van der Waals surface area contributed by atoms with E-state index < -0.39 is 0 Å². The van der Waals surface area contributed by atoms with Crippen LogP contribution in [0.4, 0.5) is 0 Å². The van der Waals surface area contributed by atoms with Gasteiger partial charge in [-0.1, -0.05) is 35.9 Å². The van der Waals surface area contributed by atoms with Crippen LogP contribution in [0.3, 0.4) is 0 Å². The van der Waals surface area contributed by atoms with Gasteiger partial charge in [-0.25, -0.2) is 0 Å². The van der Waals surface area contributed by atoms with Crippen molar-refractivity contribution in [2.45, 2.75) is 25.2 Å². The molecule has 0 saturated carbocycles. The fraction of sp³-hybridized carbons (Fsp3) is 0.304. The Morgan fingerprint density at radius 3 is 2.62 bits per heavy atom. The number of likely N-dealkylation sites (tertiary alicyclic amines) is 1. The molecule has 0 N–H and O–H groups in total. The molecule has 5 nitrogen and oxygen atoms in total. The van der Waals surface area contributed by atoms with Crippen molar-refractivity contribution < 1.29 is 4.74 Å². The number of rotatable bonds is 4. The highest BCUT2D eigenvalue weighted by molar-refractivity contribution is 6.30. The second-order valence-electron chi connectivity index (χ2n) is 7.64. The van der Waals surface area contributed by atoms with E-state index in [9.17, 15) is 0 Å². The van der Waals surface area contributed by atoms with Crippen molar-refractivity contribution >= 4 is 17.8 Å². The van der Waals surface area contributed by atoms with Crippen molar-refractivity contribution in [3.63, 3.8) is 0 Å². The van der Waals surface area contributed by atoms with Gasteiger partial charge in [-0.15, -0.1) is 10.2 Å². The zero-order chi connectivity index (χ0) is 19.6. The highest BCUT2D eigenvalue weighted by atomic mass is 35.5. The van der Waals surface area contributed by atoms with Gasteiger partial charge in [0, 0.05) is 23.7 Å². The standard InChI is InChI=1S/C23H23ClN4O/c24-19-7-5-17(6-8-19)9-12-27-13-10-18(11-14-27)22-25-26-23-20-3-1-2-4-21(20)29-16-15-28(22)23/h1-8,15-16,18H,9-14H2. The second-order valence-corrected chi connectivity index (χ2v) is 8.08. The summed E-state index contributed by atoms with van der Waals surface area (Å²) in [7, 11) is 0. The molecule has 148 valence electrons. The molecule has 0 spiro atoms. The summed E-state index contributed by atoms with van der Waals surface area (Å²) in [6, 6.07) is 16.1. The van der Waals surface area contributed by atoms with Crippen LogP contribution < -0.4 is 4.74 Å². The molecule has 2 aromatic carbocycles. The lowest BCUT2D eigenvalue weighted by atomic mass is 9.95. The summed E-state index contributed by atoms with van der Waals surface area (Å²) < 4.78 is 7.84. The highest BCUT2D eigenvalue weighted by Gasteiger charge is 2.27. The van der Waals surface area contributed by atoms with E-state index >= 15 is 0 Å². The Morgan fingerprint density at radius 2 is 1.79 bits per heavy atom. The van der Waals surface area contributed by atoms with E-state index in [0.717, 1.165) is 66.9 Å². The van der Waals surface area contributed by atoms with Crippen LogP contribution in [0, 0.1) is 0 Å². The maximum Gasteiger partial charge on any atom is 0.171 e. The second kappa shape index (κ2) is 8.01. The van der Waals surface area contributed by atoms with Crippen LogP contribution in [0.15, 0.2) is 54.8 Å². The van der Waals surface area contributed by atoms with Crippen molar-refractivity contribution in [3.8, 4) is 17.1 Å². The minimum Gasteiger partial charge on any atom is -0.463 e. The zero-order valence-corrected chi connectivity index (χ0v) is 16.9. The average Bonchev–Trinajstić information content (AvgIpc) is 3.09. The average molecular weight is 407 g/mol. The van der Waals surface area contributed by atoms with Crippen LogP contribution >= 0.6 is 11.6 Å². The number of nitrogens with zero attached hydrogens (tertiary/aromatic N) is 4. The third-order valence-electron chi connectivity index (χ3n) is 5.84. The molecule has 1 fully saturated rings. The summed E-state index contributed by atoms with van der Waals surface area (Å²) in [5, 5.41) is 9.85. The molecule has 5 rings (SSSR count). The zero-order valence-electron chi connectivity index (χ0n) is 16.2. The number of aromatic nitrogens is 3. The monoisotopic (exact) mass is 406 g/mol. The van der Waals surface area contributed by atoms with Crippen molar-refractivity contribution in [3.05, 3.63) is 71.2 Å². The molecule has 1 aromatic heterocycles. The fourth-order valence-corrected chi connectivity index (χ4v) is 4.31. The quantitative estimate of drug-likeness (QED) is 0.621. The van der Waals surface area contributed by atoms with Crippen LogP contribution in [0.5, 0.6) is 5.75 Å². The van der Waals surface area contributed by atoms with Gasteiger partial charge in [0.15, 0.2) is 5.82 Å². The Kier molecular flexibility index (Phi) is 5.08. The van der Waals surface area contributed by atoms with Gasteiger partial charge in [0.2, 0.25) is 0 Å². The van der Waals surface area contributed by atoms with E-state index in [2.05, 4.69) is 31.8 Å². The van der Waals surface area contributed by atoms with E-state index in [1.807, 2.05) is 42.6 Å². The summed E-state index contributed by atoms with van der Waals surface area (Å²) in [5.74, 6) is 3.12. The Hall–Kier alpha value is -2.63. The van der Waals surface area contributed by atoms with E-state index in [1.165, 1.54) is 5.56 Å². The molecule has 2 aliphatic heterocycles. The van der Waals surface area contributed by atoms with E-state index in [0.29, 0.717) is 5.92 Å². The maximum absolute atomic E-state index is 5.98. The first kappa shape index (κ1) is 18.4. The van der Waals surface area contributed by atoms with Gasteiger partial charge in [-0.2, -0.15) is 0 Å². The predicted octanol–water partition coefficient (Wildman–Crippen LogP) is 4.84. The van der Waals surface area contributed by atoms with Crippen molar-refractivity contribution in [2.75, 3.05) is 19.6 Å². The smallest absolute Gasteiger partial charge is 0.171 e. The lowest BCUT2D eigenvalue weighted by Crippen LogP contribution is -2.35. The molecule has 0 unspecified atom stereocenters. The highest BCUT2D eigenvalue weighted by Crippen LogP contribution is 2.35. The van der Waals surface area contributed by atoms with Crippen LogP contribution in [-0.4, -0.2) is 39.3 Å². The lowest BCUT2D eigenvalue weighted by molar-refractivity contribution is 0.211. The SMILES string of the molecule is Clc1ccc(CCN2CCC(c3nnc4n3C=COc3ccccc3-4)CC2)cc1. The largest absolute Gasteiger partial charge is 0.463 e. The third-order valence-corrected chi connectivity index (χ3v) is 6.09. The summed E-state index contributed by atoms with van der Waals surface area (Å²) in [6.07, 6.45) is 6.91. The number of hydrogen-bond donors (Lipinski definition) is 0. The molecule has 3 heterocycles. The summed E-state index contributed by atoms with van der Waals surface area (Å²) in [6.45, 7) is 3.24. The lowest BCUT2D eigenvalue weighted by Gasteiger charge is -2.31. The van der Waals surface area contributed by atoms with Gasteiger partial charge in [0.05, 0.1) is 5.56 Å².